The molecule has 0 spiro atoms. The first-order chi connectivity index (χ1) is 10.1. The molecule has 0 aliphatic carbocycles. The van der Waals surface area contributed by atoms with E-state index in [0.29, 0.717) is 12.0 Å². The lowest BCUT2D eigenvalue weighted by Gasteiger charge is -2.32. The lowest BCUT2D eigenvalue weighted by Crippen LogP contribution is -2.48. The Balaban J connectivity index is 4.16. The second kappa shape index (κ2) is 12.9. The molecule has 0 saturated carbocycles. The molecule has 0 aliphatic rings. The van der Waals surface area contributed by atoms with Gasteiger partial charge in [-0.1, -0.05) is 26.7 Å². The van der Waals surface area contributed by atoms with E-state index in [9.17, 15) is 0 Å². The summed E-state index contributed by atoms with van der Waals surface area (Å²) in [6, 6.07) is 0.530. The molecule has 0 aliphatic heterocycles. The van der Waals surface area contributed by atoms with E-state index < -0.39 is 0 Å². The molecule has 0 heterocycles. The third-order valence-electron chi connectivity index (χ3n) is 3.92. The first-order valence-corrected chi connectivity index (χ1v) is 8.29. The van der Waals surface area contributed by atoms with E-state index >= 15 is 0 Å². The molecule has 0 aromatic heterocycles. The number of nitrogens with zero attached hydrogens (tertiary/aromatic N) is 2. The molecule has 1 unspecified atom stereocenters. The van der Waals surface area contributed by atoms with Crippen LogP contribution in [0.2, 0.25) is 0 Å². The Morgan fingerprint density at radius 2 is 1.81 bits per heavy atom. The van der Waals surface area contributed by atoms with Gasteiger partial charge in [0.2, 0.25) is 0 Å². The molecule has 0 bridgehead atoms. The van der Waals surface area contributed by atoms with Gasteiger partial charge in [0.1, 0.15) is 0 Å². The molecule has 0 fully saturated rings. The summed E-state index contributed by atoms with van der Waals surface area (Å²) in [6.45, 7) is 9.95. The third-order valence-corrected chi connectivity index (χ3v) is 3.92. The molecule has 0 radical (unpaired) electrons. The molecule has 5 heteroatoms. The quantitative estimate of drug-likeness (QED) is 0.348. The summed E-state index contributed by atoms with van der Waals surface area (Å²) < 4.78 is 5.33. The maximum Gasteiger partial charge on any atom is 0.191 e. The Kier molecular flexibility index (Phi) is 12.4. The van der Waals surface area contributed by atoms with Crippen molar-refractivity contribution in [1.29, 1.82) is 0 Å². The normalized spacial score (nSPS) is 13.8. The highest BCUT2D eigenvalue weighted by Gasteiger charge is 2.20. The summed E-state index contributed by atoms with van der Waals surface area (Å²) >= 11 is 0. The predicted octanol–water partition coefficient (Wildman–Crippen LogP) is 1.94. The molecule has 0 aromatic carbocycles. The van der Waals surface area contributed by atoms with Crippen LogP contribution in [0.15, 0.2) is 4.99 Å². The van der Waals surface area contributed by atoms with Crippen LogP contribution in [0.1, 0.15) is 40.0 Å². The average Bonchev–Trinajstić information content (AvgIpc) is 2.48. The Hall–Kier alpha value is -0.810. The number of hydrogen-bond acceptors (Lipinski definition) is 3. The van der Waals surface area contributed by atoms with Gasteiger partial charge in [0, 0.05) is 39.4 Å². The average molecular weight is 300 g/mol. The van der Waals surface area contributed by atoms with Gasteiger partial charge < -0.3 is 20.3 Å². The van der Waals surface area contributed by atoms with Gasteiger partial charge in [-0.2, -0.15) is 0 Å². The van der Waals surface area contributed by atoms with Gasteiger partial charge >= 0.3 is 0 Å². The number of likely N-dealkylation sites (N-methyl/N-ethyl adjacent to an activating group) is 1. The topological polar surface area (TPSA) is 48.9 Å². The fourth-order valence-electron chi connectivity index (χ4n) is 2.55. The highest BCUT2D eigenvalue weighted by Crippen LogP contribution is 2.16. The second-order valence-corrected chi connectivity index (χ2v) is 5.54. The Morgan fingerprint density at radius 3 is 2.29 bits per heavy atom. The van der Waals surface area contributed by atoms with Crippen LogP contribution in [0.3, 0.4) is 0 Å². The second-order valence-electron chi connectivity index (χ2n) is 5.54. The minimum Gasteiger partial charge on any atom is -0.382 e. The highest BCUT2D eigenvalue weighted by molar-refractivity contribution is 5.79. The van der Waals surface area contributed by atoms with E-state index in [1.807, 2.05) is 14.0 Å². The lowest BCUT2D eigenvalue weighted by atomic mass is 9.93. The summed E-state index contributed by atoms with van der Waals surface area (Å²) in [5, 5.41) is 6.79. The fraction of sp³-hybridized carbons (Fsp3) is 0.938. The number of nitrogens with one attached hydrogen (secondary N) is 2. The number of guanidine groups is 1. The number of ether oxygens (including phenoxy) is 1. The van der Waals surface area contributed by atoms with Crippen LogP contribution in [0, 0.1) is 5.92 Å². The molecule has 0 amide bonds. The molecule has 21 heavy (non-hydrogen) atoms. The van der Waals surface area contributed by atoms with E-state index in [-0.39, 0.29) is 0 Å². The van der Waals surface area contributed by atoms with E-state index in [2.05, 4.69) is 48.5 Å². The summed E-state index contributed by atoms with van der Waals surface area (Å²) in [4.78, 5) is 6.60. The van der Waals surface area contributed by atoms with Crippen LogP contribution in [0.5, 0.6) is 0 Å². The summed E-state index contributed by atoms with van der Waals surface area (Å²) in [6.07, 6.45) is 3.42. The van der Waals surface area contributed by atoms with Crippen molar-refractivity contribution in [3.8, 4) is 0 Å². The monoisotopic (exact) mass is 300 g/mol. The van der Waals surface area contributed by atoms with Gasteiger partial charge in [0.05, 0.1) is 0 Å². The standard InChI is InChI=1S/C16H36N4O/c1-7-14(8-2)15(20(5)6)13-19-16(17-4)18-11-10-12-21-9-3/h14-15H,7-13H2,1-6H3,(H2,17,18,19). The molecule has 1 atom stereocenters. The zero-order valence-corrected chi connectivity index (χ0v) is 14.9. The van der Waals surface area contributed by atoms with Crippen LogP contribution in [-0.4, -0.2) is 64.3 Å². The summed E-state index contributed by atoms with van der Waals surface area (Å²) in [5.74, 6) is 1.59. The van der Waals surface area contributed by atoms with Crippen LogP contribution in [-0.2, 0) is 4.74 Å². The predicted molar refractivity (Wildman–Crippen MR) is 92.0 cm³/mol. The molecule has 0 rings (SSSR count). The van der Waals surface area contributed by atoms with Gasteiger partial charge in [-0.05, 0) is 33.4 Å². The molecular weight excluding hydrogens is 264 g/mol. The highest BCUT2D eigenvalue weighted by atomic mass is 16.5. The van der Waals surface area contributed by atoms with Crippen LogP contribution in [0.25, 0.3) is 0 Å². The maximum atomic E-state index is 5.33. The molecule has 5 nitrogen and oxygen atoms in total. The fourth-order valence-corrected chi connectivity index (χ4v) is 2.55. The minimum absolute atomic E-state index is 0.530. The van der Waals surface area contributed by atoms with Crippen molar-refractivity contribution in [3.63, 3.8) is 0 Å². The number of hydrogen-bond donors (Lipinski definition) is 2. The van der Waals surface area contributed by atoms with E-state index in [1.54, 1.807) is 0 Å². The van der Waals surface area contributed by atoms with Crippen molar-refractivity contribution in [2.45, 2.75) is 46.1 Å². The van der Waals surface area contributed by atoms with E-state index in [4.69, 9.17) is 4.74 Å². The third kappa shape index (κ3) is 8.94. The van der Waals surface area contributed by atoms with Gasteiger partial charge in [-0.3, -0.25) is 4.99 Å². The minimum atomic E-state index is 0.530. The molecule has 2 N–H and O–H groups in total. The summed E-state index contributed by atoms with van der Waals surface area (Å²) in [5.41, 5.74) is 0. The maximum absolute atomic E-state index is 5.33. The van der Waals surface area contributed by atoms with Gasteiger partial charge in [-0.15, -0.1) is 0 Å². The number of aliphatic imine (C=N–C) groups is 1. The van der Waals surface area contributed by atoms with E-state index in [0.717, 1.165) is 38.7 Å². The van der Waals surface area contributed by atoms with Crippen molar-refractivity contribution in [3.05, 3.63) is 0 Å². The number of rotatable bonds is 11. The summed E-state index contributed by atoms with van der Waals surface area (Å²) in [7, 11) is 6.13. The van der Waals surface area contributed by atoms with Crippen LogP contribution in [0.4, 0.5) is 0 Å². The molecule has 0 saturated heterocycles. The molecule has 126 valence electrons. The van der Waals surface area contributed by atoms with Crippen molar-refractivity contribution in [2.75, 3.05) is 47.4 Å². The van der Waals surface area contributed by atoms with Gasteiger partial charge in [0.25, 0.3) is 0 Å². The Labute approximate surface area is 131 Å². The van der Waals surface area contributed by atoms with Crippen molar-refractivity contribution < 1.29 is 4.74 Å². The smallest absolute Gasteiger partial charge is 0.191 e. The Bertz CT molecular complexity index is 265. The van der Waals surface area contributed by atoms with Crippen molar-refractivity contribution >= 4 is 5.96 Å². The van der Waals surface area contributed by atoms with Crippen molar-refractivity contribution in [2.24, 2.45) is 10.9 Å². The van der Waals surface area contributed by atoms with E-state index in [1.165, 1.54) is 12.8 Å². The first kappa shape index (κ1) is 20.2. The zero-order valence-electron chi connectivity index (χ0n) is 14.9. The van der Waals surface area contributed by atoms with Crippen molar-refractivity contribution in [1.82, 2.24) is 15.5 Å². The molecule has 0 aromatic rings. The van der Waals surface area contributed by atoms with Gasteiger partial charge in [-0.25, -0.2) is 0 Å². The van der Waals surface area contributed by atoms with Crippen LogP contribution < -0.4 is 10.6 Å². The largest absolute Gasteiger partial charge is 0.382 e. The lowest BCUT2D eigenvalue weighted by molar-refractivity contribution is 0.145. The van der Waals surface area contributed by atoms with Crippen LogP contribution >= 0.6 is 0 Å². The first-order valence-electron chi connectivity index (χ1n) is 8.29. The zero-order chi connectivity index (χ0) is 16.1. The van der Waals surface area contributed by atoms with Gasteiger partial charge in [0.15, 0.2) is 5.96 Å². The Morgan fingerprint density at radius 1 is 1.14 bits per heavy atom. The SMILES string of the molecule is CCOCCCNC(=NC)NCC(C(CC)CC)N(C)C. The molecular formula is C16H36N4O.